The minimum Gasteiger partial charge on any atom is -0.483 e. The van der Waals surface area contributed by atoms with Crippen LogP contribution in [-0.4, -0.2) is 47.7 Å². The molecule has 0 spiro atoms. The van der Waals surface area contributed by atoms with Gasteiger partial charge in [0.25, 0.3) is 0 Å². The van der Waals surface area contributed by atoms with E-state index in [1.54, 1.807) is 12.1 Å². The van der Waals surface area contributed by atoms with Crippen molar-refractivity contribution in [2.45, 2.75) is 26.4 Å². The third kappa shape index (κ3) is 4.52. The summed E-state index contributed by atoms with van der Waals surface area (Å²) >= 11 is 0. The second kappa shape index (κ2) is 9.54. The molecule has 0 aliphatic rings. The molecule has 2 aromatic carbocycles. The minimum absolute atomic E-state index is 0.244. The standard InChI is InChI=1S/C25H29FN6O/c1-16-23-17(2)32(30-24(23)25(29-28-16)31(4)5)20-8-6-7-9-22(20)33-21(14-15-27-3)18-10-12-19(26)13-11-18/h6-13,21,27H,14-15H2,1-5H3. The molecule has 4 aromatic rings. The van der Waals surface area contributed by atoms with Gasteiger partial charge in [-0.15, -0.1) is 5.10 Å². The molecule has 33 heavy (non-hydrogen) atoms. The number of rotatable bonds is 8. The SMILES string of the molecule is CNCCC(Oc1ccccc1-n1nc2c(N(C)C)nnc(C)c2c1C)c1ccc(F)cc1. The van der Waals surface area contributed by atoms with Crippen LogP contribution in [0.25, 0.3) is 16.6 Å². The molecule has 4 rings (SSSR count). The molecule has 1 atom stereocenters. The number of aryl methyl sites for hydroxylation is 2. The molecule has 0 fully saturated rings. The maximum Gasteiger partial charge on any atom is 0.179 e. The number of halogens is 1. The maximum absolute atomic E-state index is 13.5. The summed E-state index contributed by atoms with van der Waals surface area (Å²) in [4.78, 5) is 1.91. The van der Waals surface area contributed by atoms with E-state index in [-0.39, 0.29) is 11.9 Å². The molecule has 1 unspecified atom stereocenters. The lowest BCUT2D eigenvalue weighted by Crippen LogP contribution is -2.17. The van der Waals surface area contributed by atoms with E-state index < -0.39 is 0 Å². The predicted molar refractivity (Wildman–Crippen MR) is 129 cm³/mol. The lowest BCUT2D eigenvalue weighted by molar-refractivity contribution is 0.194. The average Bonchev–Trinajstić information content (AvgIpc) is 3.15. The highest BCUT2D eigenvalue weighted by Gasteiger charge is 2.21. The third-order valence-electron chi connectivity index (χ3n) is 5.67. The van der Waals surface area contributed by atoms with Crippen LogP contribution in [0.5, 0.6) is 5.75 Å². The van der Waals surface area contributed by atoms with Crippen LogP contribution in [-0.2, 0) is 0 Å². The van der Waals surface area contributed by atoms with Gasteiger partial charge in [-0.25, -0.2) is 9.07 Å². The van der Waals surface area contributed by atoms with Crippen LogP contribution in [0.1, 0.15) is 29.5 Å². The summed E-state index contributed by atoms with van der Waals surface area (Å²) in [6.07, 6.45) is 0.487. The molecule has 0 amide bonds. The van der Waals surface area contributed by atoms with Crippen LogP contribution in [0.15, 0.2) is 48.5 Å². The lowest BCUT2D eigenvalue weighted by atomic mass is 10.1. The highest BCUT2D eigenvalue weighted by molar-refractivity contribution is 5.92. The normalized spacial score (nSPS) is 12.2. The van der Waals surface area contributed by atoms with Crippen molar-refractivity contribution in [2.24, 2.45) is 0 Å². The number of aromatic nitrogens is 4. The number of nitrogens with zero attached hydrogens (tertiary/aromatic N) is 5. The third-order valence-corrected chi connectivity index (χ3v) is 5.67. The van der Waals surface area contributed by atoms with Crippen molar-refractivity contribution in [2.75, 3.05) is 32.6 Å². The van der Waals surface area contributed by atoms with E-state index in [2.05, 4.69) is 15.5 Å². The van der Waals surface area contributed by atoms with Gasteiger partial charge in [-0.2, -0.15) is 10.2 Å². The second-order valence-electron chi connectivity index (χ2n) is 8.24. The molecule has 172 valence electrons. The van der Waals surface area contributed by atoms with Crippen molar-refractivity contribution in [1.29, 1.82) is 0 Å². The Hall–Kier alpha value is -3.52. The molecule has 1 N–H and O–H groups in total. The Morgan fingerprint density at radius 1 is 1.06 bits per heavy atom. The van der Waals surface area contributed by atoms with Crippen LogP contribution >= 0.6 is 0 Å². The largest absolute Gasteiger partial charge is 0.483 e. The number of anilines is 1. The molecular formula is C25H29FN6O. The zero-order chi connectivity index (χ0) is 23.5. The van der Waals surface area contributed by atoms with E-state index in [9.17, 15) is 4.39 Å². The zero-order valence-corrected chi connectivity index (χ0v) is 19.6. The van der Waals surface area contributed by atoms with Gasteiger partial charge in [0.1, 0.15) is 28.9 Å². The van der Waals surface area contributed by atoms with Gasteiger partial charge >= 0.3 is 0 Å². The van der Waals surface area contributed by atoms with Crippen LogP contribution < -0.4 is 15.0 Å². The summed E-state index contributed by atoms with van der Waals surface area (Å²) < 4.78 is 21.9. The molecular weight excluding hydrogens is 419 g/mol. The van der Waals surface area contributed by atoms with E-state index in [1.807, 2.05) is 68.8 Å². The van der Waals surface area contributed by atoms with Gasteiger partial charge < -0.3 is 15.0 Å². The molecule has 8 heteroatoms. The predicted octanol–water partition coefficient (Wildman–Crippen LogP) is 4.37. The molecule has 0 saturated heterocycles. The van der Waals surface area contributed by atoms with E-state index in [1.165, 1.54) is 12.1 Å². The summed E-state index contributed by atoms with van der Waals surface area (Å²) in [5.74, 6) is 1.15. The summed E-state index contributed by atoms with van der Waals surface area (Å²) in [7, 11) is 5.76. The van der Waals surface area contributed by atoms with Crippen molar-refractivity contribution in [3.8, 4) is 11.4 Å². The van der Waals surface area contributed by atoms with Crippen molar-refractivity contribution in [3.05, 3.63) is 71.3 Å². The summed E-state index contributed by atoms with van der Waals surface area (Å²) in [6, 6.07) is 14.3. The Bertz CT molecular complexity index is 1250. The zero-order valence-electron chi connectivity index (χ0n) is 19.6. The van der Waals surface area contributed by atoms with Crippen LogP contribution in [0.3, 0.4) is 0 Å². The summed E-state index contributed by atoms with van der Waals surface area (Å²) in [5.41, 5.74) is 4.33. The Balaban J connectivity index is 1.79. The molecule has 0 radical (unpaired) electrons. The number of para-hydroxylation sites is 2. The molecule has 0 bridgehead atoms. The van der Waals surface area contributed by atoms with Crippen LogP contribution in [0, 0.1) is 19.7 Å². The van der Waals surface area contributed by atoms with Crippen molar-refractivity contribution in [3.63, 3.8) is 0 Å². The second-order valence-corrected chi connectivity index (χ2v) is 8.24. The van der Waals surface area contributed by atoms with Gasteiger partial charge in [0.15, 0.2) is 5.82 Å². The van der Waals surface area contributed by atoms with E-state index in [0.717, 1.165) is 46.5 Å². The molecule has 0 aliphatic heterocycles. The topological polar surface area (TPSA) is 68.1 Å². The fourth-order valence-electron chi connectivity index (χ4n) is 3.98. The fraction of sp³-hybridized carbons (Fsp3) is 0.320. The molecule has 0 saturated carbocycles. The number of fused-ring (bicyclic) bond motifs is 1. The Morgan fingerprint density at radius 3 is 2.48 bits per heavy atom. The maximum atomic E-state index is 13.5. The lowest BCUT2D eigenvalue weighted by Gasteiger charge is -2.22. The Kier molecular flexibility index (Phi) is 6.55. The first kappa shape index (κ1) is 22.7. The van der Waals surface area contributed by atoms with Crippen molar-refractivity contribution in [1.82, 2.24) is 25.3 Å². The highest BCUT2D eigenvalue weighted by atomic mass is 19.1. The minimum atomic E-state index is -0.264. The van der Waals surface area contributed by atoms with Crippen LogP contribution in [0.2, 0.25) is 0 Å². The number of benzene rings is 2. The van der Waals surface area contributed by atoms with Crippen molar-refractivity contribution >= 4 is 16.7 Å². The van der Waals surface area contributed by atoms with E-state index >= 15 is 0 Å². The molecule has 0 aliphatic carbocycles. The first-order valence-corrected chi connectivity index (χ1v) is 11.0. The monoisotopic (exact) mass is 448 g/mol. The highest BCUT2D eigenvalue weighted by Crippen LogP contribution is 2.34. The van der Waals surface area contributed by atoms with Gasteiger partial charge in [0.05, 0.1) is 16.8 Å². The van der Waals surface area contributed by atoms with Gasteiger partial charge in [-0.05, 0) is 57.3 Å². The molecule has 2 heterocycles. The number of hydrogen-bond donors (Lipinski definition) is 1. The summed E-state index contributed by atoms with van der Waals surface area (Å²) in [5, 5.41) is 17.7. The number of nitrogens with one attached hydrogen (secondary N) is 1. The Labute approximate surface area is 193 Å². The van der Waals surface area contributed by atoms with Gasteiger partial charge in [0.2, 0.25) is 0 Å². The van der Waals surface area contributed by atoms with Crippen LogP contribution in [0.4, 0.5) is 10.2 Å². The summed E-state index contributed by atoms with van der Waals surface area (Å²) in [6.45, 7) is 4.73. The average molecular weight is 449 g/mol. The van der Waals surface area contributed by atoms with Gasteiger partial charge in [-0.3, -0.25) is 0 Å². The van der Waals surface area contributed by atoms with Crippen molar-refractivity contribution < 1.29 is 9.13 Å². The smallest absolute Gasteiger partial charge is 0.179 e. The van der Waals surface area contributed by atoms with Gasteiger partial charge in [0, 0.05) is 20.5 Å². The van der Waals surface area contributed by atoms with Gasteiger partial charge in [-0.1, -0.05) is 24.3 Å². The quantitative estimate of drug-likeness (QED) is 0.432. The number of ether oxygens (including phenoxy) is 1. The fourth-order valence-corrected chi connectivity index (χ4v) is 3.98. The molecule has 2 aromatic heterocycles. The number of hydrogen-bond acceptors (Lipinski definition) is 6. The Morgan fingerprint density at radius 2 is 1.79 bits per heavy atom. The molecule has 7 nitrogen and oxygen atoms in total. The first-order valence-electron chi connectivity index (χ1n) is 11.0. The first-order chi connectivity index (χ1) is 15.9. The van der Waals surface area contributed by atoms with E-state index in [4.69, 9.17) is 9.84 Å². The van der Waals surface area contributed by atoms with E-state index in [0.29, 0.717) is 11.6 Å².